The molecule has 4 aromatic rings. The Balaban J connectivity index is 1.51. The van der Waals surface area contributed by atoms with E-state index in [1.54, 1.807) is 11.8 Å². The molecule has 0 unspecified atom stereocenters. The Morgan fingerprint density at radius 1 is 0.851 bits per heavy atom. The van der Waals surface area contributed by atoms with Crippen molar-refractivity contribution in [1.82, 2.24) is 0 Å². The molecular weight excluding hydrogens is 655 g/mol. The molecule has 1 aromatic heterocycles. The van der Waals surface area contributed by atoms with Crippen molar-refractivity contribution in [2.45, 2.75) is 64.2 Å². The van der Waals surface area contributed by atoms with Crippen LogP contribution in [0.4, 0.5) is 5.69 Å². The normalized spacial score (nSPS) is 14.8. The van der Waals surface area contributed by atoms with Gasteiger partial charge in [-0.25, -0.2) is 0 Å². The fraction of sp³-hybridized carbons (Fsp3) is 0.333. The molecule has 250 valence electrons. The molecule has 0 radical (unpaired) electrons. The Morgan fingerprint density at radius 3 is 2.21 bits per heavy atom. The molecule has 3 aromatic carbocycles. The lowest BCUT2D eigenvalue weighted by Crippen LogP contribution is -2.20. The van der Waals surface area contributed by atoms with Crippen LogP contribution in [0.2, 0.25) is 0 Å². The third kappa shape index (κ3) is 9.17. The van der Waals surface area contributed by atoms with E-state index in [4.69, 9.17) is 4.42 Å². The summed E-state index contributed by atoms with van der Waals surface area (Å²) in [5.41, 5.74) is 8.39. The molecule has 47 heavy (non-hydrogen) atoms. The van der Waals surface area contributed by atoms with E-state index in [0.29, 0.717) is 38.6 Å². The molecule has 8 nitrogen and oxygen atoms in total. The summed E-state index contributed by atoms with van der Waals surface area (Å²) in [6.07, 6.45) is 7.37. The maximum atomic E-state index is 11.4. The molecule has 0 fully saturated rings. The zero-order valence-electron chi connectivity index (χ0n) is 26.9. The summed E-state index contributed by atoms with van der Waals surface area (Å²) in [6, 6.07) is 20.6. The Hall–Kier alpha value is -3.35. The molecule has 0 spiro atoms. The van der Waals surface area contributed by atoms with Crippen LogP contribution in [0.5, 0.6) is 0 Å². The number of thioether (sulfide) groups is 1. The van der Waals surface area contributed by atoms with Gasteiger partial charge in [-0.05, 0) is 117 Å². The summed E-state index contributed by atoms with van der Waals surface area (Å²) < 4.78 is 70.3. The van der Waals surface area contributed by atoms with Crippen LogP contribution in [0.25, 0.3) is 28.2 Å². The Bertz CT molecular complexity index is 2030. The Labute approximate surface area is 282 Å². The van der Waals surface area contributed by atoms with E-state index in [9.17, 15) is 25.9 Å². The molecular formula is C36H41NO7S3. The van der Waals surface area contributed by atoms with E-state index in [2.05, 4.69) is 68.2 Å². The summed E-state index contributed by atoms with van der Waals surface area (Å²) in [4.78, 5) is 3.36. The lowest BCUT2D eigenvalue weighted by atomic mass is 9.99. The van der Waals surface area contributed by atoms with Crippen LogP contribution in [0.3, 0.4) is 0 Å². The second-order valence-electron chi connectivity index (χ2n) is 12.0. The molecule has 2 N–H and O–H groups in total. The number of hydrogen-bond acceptors (Lipinski definition) is 7. The van der Waals surface area contributed by atoms with Crippen LogP contribution < -0.4 is 4.90 Å². The van der Waals surface area contributed by atoms with E-state index < -0.39 is 20.2 Å². The van der Waals surface area contributed by atoms with Gasteiger partial charge in [-0.3, -0.25) is 9.11 Å². The van der Waals surface area contributed by atoms with Crippen LogP contribution in [0, 0.1) is 13.8 Å². The van der Waals surface area contributed by atoms with Crippen molar-refractivity contribution >= 4 is 54.7 Å². The number of anilines is 1. The van der Waals surface area contributed by atoms with Crippen LogP contribution in [0.1, 0.15) is 61.5 Å². The van der Waals surface area contributed by atoms with Gasteiger partial charge in [0.1, 0.15) is 11.3 Å². The maximum absolute atomic E-state index is 11.4. The number of allylic oxidation sites excluding steroid dienone is 2. The molecule has 0 atom stereocenters. The van der Waals surface area contributed by atoms with E-state index >= 15 is 0 Å². The van der Waals surface area contributed by atoms with E-state index in [1.165, 1.54) is 11.1 Å². The van der Waals surface area contributed by atoms with Gasteiger partial charge >= 0.3 is 0 Å². The molecule has 0 saturated heterocycles. The molecule has 0 amide bonds. The van der Waals surface area contributed by atoms with Gasteiger partial charge in [-0.1, -0.05) is 55.1 Å². The zero-order valence-corrected chi connectivity index (χ0v) is 29.3. The Morgan fingerprint density at radius 2 is 1.53 bits per heavy atom. The van der Waals surface area contributed by atoms with Gasteiger partial charge in [0.2, 0.25) is 0 Å². The fourth-order valence-corrected chi connectivity index (χ4v) is 8.14. The highest BCUT2D eigenvalue weighted by Gasteiger charge is 2.26. The SMILES string of the molecule is CCC(=C/c1oc2ccc(-c3ccccc3)cc2c1CCCCS(=O)(=O)O)/C=C1/Sc2cc(C)c(C)cc2N1CCCCS(=O)(=O)O. The minimum absolute atomic E-state index is 0.266. The van der Waals surface area contributed by atoms with Crippen molar-refractivity contribution in [3.8, 4) is 11.1 Å². The second-order valence-corrected chi connectivity index (χ2v) is 16.2. The summed E-state index contributed by atoms with van der Waals surface area (Å²) in [7, 11) is -8.05. The van der Waals surface area contributed by atoms with Gasteiger partial charge in [0.25, 0.3) is 20.2 Å². The lowest BCUT2D eigenvalue weighted by Gasteiger charge is -2.21. The van der Waals surface area contributed by atoms with Gasteiger partial charge in [0, 0.05) is 22.4 Å². The van der Waals surface area contributed by atoms with Gasteiger partial charge in [0.05, 0.1) is 22.2 Å². The first-order chi connectivity index (χ1) is 22.3. The monoisotopic (exact) mass is 695 g/mol. The number of hydrogen-bond donors (Lipinski definition) is 2. The zero-order chi connectivity index (χ0) is 33.8. The molecule has 11 heteroatoms. The first-order valence-corrected chi connectivity index (χ1v) is 19.8. The van der Waals surface area contributed by atoms with Crippen molar-refractivity contribution in [2.24, 2.45) is 0 Å². The third-order valence-electron chi connectivity index (χ3n) is 8.42. The van der Waals surface area contributed by atoms with Crippen LogP contribution >= 0.6 is 11.8 Å². The van der Waals surface area contributed by atoms with Gasteiger partial charge in [-0.2, -0.15) is 16.8 Å². The minimum Gasteiger partial charge on any atom is -0.456 e. The standard InChI is InChI=1S/C36H41NO7S3/c1-4-27(23-36-37(17-9-11-19-47(41,42)43)32-20-25(2)26(3)21-35(32)45-36)22-34-30(14-8-10-18-46(38,39)40)31-24-29(15-16-33(31)44-34)28-12-6-5-7-13-28/h5-7,12-13,15-16,20-24H,4,8-11,14,17-19H2,1-3H3,(H,38,39,40)(H,41,42,43)/b27-22-,36-23+. The third-order valence-corrected chi connectivity index (χ3v) is 11.1. The number of nitrogens with zero attached hydrogens (tertiary/aromatic N) is 1. The molecule has 1 aliphatic rings. The minimum atomic E-state index is -4.04. The van der Waals surface area contributed by atoms with E-state index in [-0.39, 0.29) is 11.5 Å². The molecule has 0 saturated carbocycles. The summed E-state index contributed by atoms with van der Waals surface area (Å²) >= 11 is 1.68. The lowest BCUT2D eigenvalue weighted by molar-refractivity contribution is 0.478. The summed E-state index contributed by atoms with van der Waals surface area (Å²) in [6.45, 7) is 6.86. The van der Waals surface area contributed by atoms with Gasteiger partial charge < -0.3 is 9.32 Å². The largest absolute Gasteiger partial charge is 0.456 e. The highest BCUT2D eigenvalue weighted by atomic mass is 32.2. The highest BCUT2D eigenvalue weighted by molar-refractivity contribution is 8.03. The van der Waals surface area contributed by atoms with Crippen molar-refractivity contribution in [1.29, 1.82) is 0 Å². The first-order valence-electron chi connectivity index (χ1n) is 15.8. The molecule has 0 bridgehead atoms. The maximum Gasteiger partial charge on any atom is 0.264 e. The predicted octanol–water partition coefficient (Wildman–Crippen LogP) is 8.84. The van der Waals surface area contributed by atoms with Gasteiger partial charge in [0.15, 0.2) is 0 Å². The topological polar surface area (TPSA) is 125 Å². The number of benzene rings is 3. The predicted molar refractivity (Wildman–Crippen MR) is 192 cm³/mol. The first kappa shape index (κ1) is 35.0. The quantitative estimate of drug-likeness (QED) is 0.0983. The highest BCUT2D eigenvalue weighted by Crippen LogP contribution is 2.48. The number of rotatable bonds is 14. The van der Waals surface area contributed by atoms with Crippen molar-refractivity contribution < 1.29 is 30.4 Å². The Kier molecular flexibility index (Phi) is 11.0. The second kappa shape index (κ2) is 14.8. The average Bonchev–Trinajstić information content (AvgIpc) is 3.52. The van der Waals surface area contributed by atoms with Crippen molar-refractivity contribution in [3.05, 3.63) is 99.8 Å². The van der Waals surface area contributed by atoms with Crippen molar-refractivity contribution in [2.75, 3.05) is 23.0 Å². The van der Waals surface area contributed by atoms with Crippen LogP contribution in [-0.2, 0) is 26.7 Å². The number of fused-ring (bicyclic) bond motifs is 2. The fourth-order valence-electron chi connectivity index (χ4n) is 5.76. The smallest absolute Gasteiger partial charge is 0.264 e. The number of unbranched alkanes of at least 4 members (excludes halogenated alkanes) is 2. The van der Waals surface area contributed by atoms with Crippen LogP contribution in [0.15, 0.2) is 86.7 Å². The number of furan rings is 1. The number of aryl methyl sites for hydroxylation is 3. The van der Waals surface area contributed by atoms with E-state index in [1.807, 2.05) is 30.3 Å². The van der Waals surface area contributed by atoms with Crippen molar-refractivity contribution in [3.63, 3.8) is 0 Å². The summed E-state index contributed by atoms with van der Waals surface area (Å²) in [5, 5.41) is 2.00. The molecule has 1 aliphatic heterocycles. The molecule has 2 heterocycles. The van der Waals surface area contributed by atoms with Gasteiger partial charge in [-0.15, -0.1) is 0 Å². The summed E-state index contributed by atoms with van der Waals surface area (Å²) in [5.74, 6) is 0.169. The van der Waals surface area contributed by atoms with E-state index in [0.717, 1.165) is 61.0 Å². The molecule has 0 aliphatic carbocycles. The average molecular weight is 696 g/mol. The molecule has 5 rings (SSSR count). The van der Waals surface area contributed by atoms with Crippen LogP contribution in [-0.4, -0.2) is 44.0 Å².